The van der Waals surface area contributed by atoms with Gasteiger partial charge in [-0.05, 0) is 0 Å². The van der Waals surface area contributed by atoms with Crippen LogP contribution < -0.4 is 34.3 Å². The van der Waals surface area contributed by atoms with Crippen molar-refractivity contribution >= 4 is 12.2 Å². The smallest absolute Gasteiger partial charge is 1.00 e. The van der Waals surface area contributed by atoms with Gasteiger partial charge in [-0.1, -0.05) is 0 Å². The Morgan fingerprint density at radius 2 is 1.00 bits per heavy atom. The van der Waals surface area contributed by atoms with E-state index >= 15 is 0 Å². The van der Waals surface area contributed by atoms with Gasteiger partial charge in [0.2, 0.25) is 0 Å². The molecule has 1 fully saturated rings. The Hall–Kier alpha value is -2.75. The molecule has 2 nitrogen and oxygen atoms in total. The van der Waals surface area contributed by atoms with Crippen LogP contribution in [0.15, 0.2) is 96.1 Å². The Bertz CT molecular complexity index is 1640. The molecule has 1 heterocycles. The van der Waals surface area contributed by atoms with Crippen molar-refractivity contribution < 1.29 is 50.9 Å². The summed E-state index contributed by atoms with van der Waals surface area (Å²) in [4.78, 5) is 0. The van der Waals surface area contributed by atoms with E-state index in [0.717, 1.165) is 11.5 Å². The molecule has 3 aliphatic rings. The number of fused-ring (bicyclic) bond motifs is 2. The fourth-order valence-electron chi connectivity index (χ4n) is 8.85. The predicted octanol–water partition coefficient (Wildman–Crippen LogP) is 6.40. The molecule has 2 aliphatic carbocycles. The van der Waals surface area contributed by atoms with E-state index in [1.165, 1.54) is 87.8 Å². The molecule has 0 amide bonds. The van der Waals surface area contributed by atoms with Crippen molar-refractivity contribution in [3.8, 4) is 33.8 Å². The maximum absolute atomic E-state index is 5.50. The van der Waals surface area contributed by atoms with E-state index in [0.29, 0.717) is 8.45 Å². The second-order valence-corrected chi connectivity index (χ2v) is 20.9. The molecule has 2 atom stereocenters. The van der Waals surface area contributed by atoms with Gasteiger partial charge >= 0.3 is 281 Å². The Kier molecular flexibility index (Phi) is 12.1. The van der Waals surface area contributed by atoms with Crippen molar-refractivity contribution in [3.63, 3.8) is 0 Å². The van der Waals surface area contributed by atoms with Crippen molar-refractivity contribution in [3.05, 3.63) is 118 Å². The molecule has 7 rings (SSSR count). The molecule has 5 heteroatoms. The second-order valence-electron chi connectivity index (χ2n) is 13.7. The second kappa shape index (κ2) is 15.9. The summed E-state index contributed by atoms with van der Waals surface area (Å²) in [5, 5.41) is 0. The van der Waals surface area contributed by atoms with Gasteiger partial charge < -0.3 is 24.8 Å². The molecular weight excluding hydrogens is 667 g/mol. The molecular formula is C43H48Cl2O2Ti. The van der Waals surface area contributed by atoms with Gasteiger partial charge in [-0.2, -0.15) is 0 Å². The van der Waals surface area contributed by atoms with E-state index in [2.05, 4.69) is 111 Å². The number of hydrogen-bond donors (Lipinski definition) is 0. The third kappa shape index (κ3) is 6.47. The zero-order valence-electron chi connectivity index (χ0n) is 28.8. The largest absolute Gasteiger partial charge is 1.00 e. The van der Waals surface area contributed by atoms with Gasteiger partial charge in [0.25, 0.3) is 0 Å². The monoisotopic (exact) mass is 714 g/mol. The van der Waals surface area contributed by atoms with Gasteiger partial charge in [0, 0.05) is 0 Å². The summed E-state index contributed by atoms with van der Waals surface area (Å²) in [7, 11) is 3.49. The standard InChI is InChI=1S/2C20H21O.C3H6.2ClH.Ti/c2*1-3-4-6-15-13-17-7-5-8-19(20(17)14-15)16-9-11-18(21-2)12-10-16;1-3-2;;;/h2*5,7-14H,3-4,6H2,1-2H3;1-3H2;2*1H;/q;;;;;+2/p-2. The van der Waals surface area contributed by atoms with Crippen LogP contribution in [0.2, 0.25) is 9.45 Å². The van der Waals surface area contributed by atoms with Gasteiger partial charge in [-0.15, -0.1) is 0 Å². The summed E-state index contributed by atoms with van der Waals surface area (Å²) in [5.74, 6) is 1.83. The van der Waals surface area contributed by atoms with Crippen LogP contribution in [-0.2, 0) is 16.6 Å². The minimum atomic E-state index is -2.58. The summed E-state index contributed by atoms with van der Waals surface area (Å²) < 4.78 is 15.2. The average Bonchev–Trinajstić information content (AvgIpc) is 3.65. The first kappa shape index (κ1) is 36.5. The topological polar surface area (TPSA) is 18.5 Å². The number of halogens is 2. The summed E-state index contributed by atoms with van der Waals surface area (Å²) in [5.41, 5.74) is 15.1. The van der Waals surface area contributed by atoms with E-state index in [4.69, 9.17) is 9.47 Å². The Morgan fingerprint density at radius 3 is 1.33 bits per heavy atom. The molecule has 0 aromatic heterocycles. The predicted molar refractivity (Wildman–Crippen MR) is 192 cm³/mol. The molecule has 48 heavy (non-hydrogen) atoms. The first-order chi connectivity index (χ1) is 22.6. The van der Waals surface area contributed by atoms with Crippen LogP contribution in [0.1, 0.15) is 89.5 Å². The first-order valence-electron chi connectivity index (χ1n) is 17.6. The maximum atomic E-state index is 5.50. The van der Waals surface area contributed by atoms with E-state index in [9.17, 15) is 0 Å². The Balaban J connectivity index is 0.00000225. The molecule has 0 saturated carbocycles. The van der Waals surface area contributed by atoms with Crippen molar-refractivity contribution in [2.75, 3.05) is 14.2 Å². The molecule has 1 saturated heterocycles. The van der Waals surface area contributed by atoms with Gasteiger partial charge in [-0.3, -0.25) is 0 Å². The van der Waals surface area contributed by atoms with Crippen LogP contribution in [0.3, 0.4) is 0 Å². The van der Waals surface area contributed by atoms with Gasteiger partial charge in [0.15, 0.2) is 0 Å². The minimum absolute atomic E-state index is 0. The summed E-state index contributed by atoms with van der Waals surface area (Å²) in [6.07, 6.45) is 14.2. The van der Waals surface area contributed by atoms with Gasteiger partial charge in [-0.25, -0.2) is 0 Å². The van der Waals surface area contributed by atoms with Gasteiger partial charge in [0.1, 0.15) is 0 Å². The van der Waals surface area contributed by atoms with E-state index in [-0.39, 0.29) is 24.8 Å². The van der Waals surface area contributed by atoms with Crippen LogP contribution in [0.25, 0.3) is 34.4 Å². The molecule has 0 bridgehead atoms. The molecule has 0 radical (unpaired) electrons. The third-order valence-corrected chi connectivity index (χ3v) is 20.9. The van der Waals surface area contributed by atoms with E-state index in [1.807, 2.05) is 0 Å². The number of hydrogen-bond acceptors (Lipinski definition) is 2. The summed E-state index contributed by atoms with van der Waals surface area (Å²) in [6, 6.07) is 31.8. The number of ether oxygens (including phenoxy) is 2. The molecule has 4 aromatic rings. The molecule has 1 aliphatic heterocycles. The van der Waals surface area contributed by atoms with Crippen LogP contribution in [0.4, 0.5) is 0 Å². The minimum Gasteiger partial charge on any atom is -1.00 e. The Labute approximate surface area is 304 Å². The van der Waals surface area contributed by atoms with Crippen molar-refractivity contribution in [1.82, 2.24) is 0 Å². The van der Waals surface area contributed by atoms with E-state index < -0.39 is 16.6 Å². The molecule has 0 spiro atoms. The zero-order chi connectivity index (χ0) is 31.7. The maximum Gasteiger partial charge on any atom is -1.00 e. The summed E-state index contributed by atoms with van der Waals surface area (Å²) >= 11 is -2.58. The average molecular weight is 716 g/mol. The Morgan fingerprint density at radius 1 is 0.583 bits per heavy atom. The first-order valence-corrected chi connectivity index (χ1v) is 21.6. The summed E-state index contributed by atoms with van der Waals surface area (Å²) in [6.45, 7) is 4.70. The van der Waals surface area contributed by atoms with Crippen LogP contribution in [-0.4, -0.2) is 14.2 Å². The number of methoxy groups -OCH3 is 2. The van der Waals surface area contributed by atoms with Crippen molar-refractivity contribution in [2.45, 2.75) is 76.7 Å². The van der Waals surface area contributed by atoms with Crippen LogP contribution in [0.5, 0.6) is 11.5 Å². The number of rotatable bonds is 12. The van der Waals surface area contributed by atoms with Crippen LogP contribution in [0, 0.1) is 0 Å². The number of allylic oxidation sites excluding steroid dienone is 2. The van der Waals surface area contributed by atoms with Crippen LogP contribution >= 0.6 is 0 Å². The van der Waals surface area contributed by atoms with Crippen molar-refractivity contribution in [1.29, 1.82) is 0 Å². The van der Waals surface area contributed by atoms with Gasteiger partial charge in [0.05, 0.1) is 0 Å². The normalized spacial score (nSPS) is 17.7. The SMILES string of the molecule is CCCCC1=Cc2c(-c3ccc(OC)cc3)cccc2[CH]1[Ti+2]1([CH]2C(CCCC)=Cc3c(-c4ccc(OC)cc4)cccc32)[CH2]C[CH2]1.[Cl-].[Cl-]. The fourth-order valence-corrected chi connectivity index (χ4v) is 18.7. The molecule has 250 valence electrons. The quantitative estimate of drug-likeness (QED) is 0.158. The fraction of sp³-hybridized carbons (Fsp3) is 0.349. The van der Waals surface area contributed by atoms with E-state index in [1.54, 1.807) is 36.5 Å². The molecule has 4 aromatic carbocycles. The van der Waals surface area contributed by atoms with Crippen molar-refractivity contribution in [2.24, 2.45) is 0 Å². The zero-order valence-corrected chi connectivity index (χ0v) is 31.9. The number of unbranched alkanes of at least 4 members (excludes halogenated alkanes) is 2. The number of benzene rings is 4. The molecule has 0 N–H and O–H groups in total. The third-order valence-electron chi connectivity index (χ3n) is 11.2. The molecule has 2 unspecified atom stereocenters.